The maximum Gasteiger partial charge on any atom is 0.192 e. The summed E-state index contributed by atoms with van der Waals surface area (Å²) < 4.78 is 0. The van der Waals surface area contributed by atoms with Crippen LogP contribution in [0.25, 0.3) is 5.57 Å². The van der Waals surface area contributed by atoms with Crippen LogP contribution in [0, 0.1) is 20.8 Å². The smallest absolute Gasteiger partial charge is 0.192 e. The fourth-order valence-electron chi connectivity index (χ4n) is 2.68. The molecule has 3 rings (SSSR count). The Morgan fingerprint density at radius 1 is 1.05 bits per heavy atom. The van der Waals surface area contributed by atoms with Crippen molar-refractivity contribution in [1.29, 1.82) is 0 Å². The van der Waals surface area contributed by atoms with Crippen molar-refractivity contribution < 1.29 is 0 Å². The van der Waals surface area contributed by atoms with Gasteiger partial charge in [-0.2, -0.15) is 0 Å². The molecule has 0 fully saturated rings. The summed E-state index contributed by atoms with van der Waals surface area (Å²) in [7, 11) is 0. The highest BCUT2D eigenvalue weighted by atomic mass is 32.2. The maximum atomic E-state index is 4.57. The Labute approximate surface area is 136 Å². The van der Waals surface area contributed by atoms with Crippen LogP contribution in [0.1, 0.15) is 28.9 Å². The van der Waals surface area contributed by atoms with Gasteiger partial charge in [-0.05, 0) is 74.3 Å². The summed E-state index contributed by atoms with van der Waals surface area (Å²) in [6.45, 7) is 8.17. The molecule has 0 spiro atoms. The minimum atomic E-state index is 0.832. The molecular formula is C18H21N3S. The molecule has 4 heteroatoms. The number of benzene rings is 1. The zero-order valence-electron chi connectivity index (χ0n) is 13.3. The number of nitrogens with zero attached hydrogens (tertiary/aromatic N) is 2. The van der Waals surface area contributed by atoms with Gasteiger partial charge in [-0.15, -0.1) is 0 Å². The lowest BCUT2D eigenvalue weighted by Crippen LogP contribution is -2.20. The molecule has 0 amide bonds. The number of aryl methyl sites for hydroxylation is 3. The zero-order valence-corrected chi connectivity index (χ0v) is 14.1. The van der Waals surface area contributed by atoms with Gasteiger partial charge >= 0.3 is 0 Å². The van der Waals surface area contributed by atoms with E-state index in [-0.39, 0.29) is 0 Å². The van der Waals surface area contributed by atoms with E-state index in [9.17, 15) is 0 Å². The summed E-state index contributed by atoms with van der Waals surface area (Å²) in [5.41, 5.74) is 6.05. The van der Waals surface area contributed by atoms with Crippen molar-refractivity contribution in [1.82, 2.24) is 15.3 Å². The van der Waals surface area contributed by atoms with E-state index in [0.29, 0.717) is 0 Å². The van der Waals surface area contributed by atoms with Crippen LogP contribution in [0.2, 0.25) is 0 Å². The first-order valence-corrected chi connectivity index (χ1v) is 8.44. The second-order valence-corrected chi connectivity index (χ2v) is 6.73. The Balaban J connectivity index is 1.98. The summed E-state index contributed by atoms with van der Waals surface area (Å²) in [6.07, 6.45) is 3.37. The Kier molecular flexibility index (Phi) is 4.60. The molecule has 22 heavy (non-hydrogen) atoms. The van der Waals surface area contributed by atoms with Crippen LogP contribution in [-0.2, 0) is 0 Å². The van der Waals surface area contributed by atoms with Crippen molar-refractivity contribution in [3.05, 3.63) is 52.9 Å². The molecule has 0 radical (unpaired) electrons. The summed E-state index contributed by atoms with van der Waals surface area (Å²) in [4.78, 5) is 10.4. The minimum absolute atomic E-state index is 0.832. The topological polar surface area (TPSA) is 37.8 Å². The molecule has 1 aromatic carbocycles. The number of nitrogens with one attached hydrogen (secondary N) is 1. The zero-order chi connectivity index (χ0) is 15.5. The highest BCUT2D eigenvalue weighted by Gasteiger charge is 2.13. The Morgan fingerprint density at radius 3 is 2.50 bits per heavy atom. The van der Waals surface area contributed by atoms with Gasteiger partial charge in [-0.1, -0.05) is 18.2 Å². The highest BCUT2D eigenvalue weighted by molar-refractivity contribution is 7.99. The Bertz CT molecular complexity index is 702. The normalized spacial score (nSPS) is 14.8. The Morgan fingerprint density at radius 2 is 1.82 bits per heavy atom. The van der Waals surface area contributed by atoms with Crippen LogP contribution in [0.4, 0.5) is 0 Å². The van der Waals surface area contributed by atoms with Gasteiger partial charge in [0.1, 0.15) is 0 Å². The third-order valence-corrected chi connectivity index (χ3v) is 4.63. The molecule has 1 aromatic heterocycles. The number of rotatable bonds is 3. The van der Waals surface area contributed by atoms with Crippen molar-refractivity contribution in [3.8, 4) is 0 Å². The molecule has 2 aromatic rings. The molecule has 0 unspecified atom stereocenters. The maximum absolute atomic E-state index is 4.57. The second-order valence-electron chi connectivity index (χ2n) is 5.72. The SMILES string of the molecule is Cc1ccc(C2=CCNCC2)c(Sc2nc(C)cc(C)n2)c1. The van der Waals surface area contributed by atoms with Gasteiger partial charge in [0.2, 0.25) is 0 Å². The lowest BCUT2D eigenvalue weighted by Gasteiger charge is -2.17. The van der Waals surface area contributed by atoms with Gasteiger partial charge in [-0.25, -0.2) is 9.97 Å². The molecule has 114 valence electrons. The van der Waals surface area contributed by atoms with Crippen LogP contribution >= 0.6 is 11.8 Å². The average molecular weight is 311 g/mol. The van der Waals surface area contributed by atoms with E-state index in [0.717, 1.165) is 36.1 Å². The summed E-state index contributed by atoms with van der Waals surface area (Å²) in [6, 6.07) is 8.67. The number of aromatic nitrogens is 2. The molecule has 2 heterocycles. The third-order valence-electron chi connectivity index (χ3n) is 3.71. The van der Waals surface area contributed by atoms with Crippen LogP contribution in [-0.4, -0.2) is 23.1 Å². The van der Waals surface area contributed by atoms with Crippen LogP contribution in [0.3, 0.4) is 0 Å². The summed E-state index contributed by atoms with van der Waals surface area (Å²) >= 11 is 1.67. The fourth-order valence-corrected chi connectivity index (χ4v) is 3.81. The molecule has 1 N–H and O–H groups in total. The van der Waals surface area contributed by atoms with E-state index in [1.165, 1.54) is 21.6 Å². The van der Waals surface area contributed by atoms with Crippen LogP contribution < -0.4 is 5.32 Å². The highest BCUT2D eigenvalue weighted by Crippen LogP contribution is 2.34. The first-order valence-electron chi connectivity index (χ1n) is 7.63. The van der Waals surface area contributed by atoms with E-state index < -0.39 is 0 Å². The van der Waals surface area contributed by atoms with Crippen molar-refractivity contribution in [2.45, 2.75) is 37.2 Å². The number of hydrogen-bond acceptors (Lipinski definition) is 4. The molecular weight excluding hydrogens is 290 g/mol. The second kappa shape index (κ2) is 6.63. The van der Waals surface area contributed by atoms with Gasteiger partial charge in [0.25, 0.3) is 0 Å². The molecule has 3 nitrogen and oxygen atoms in total. The van der Waals surface area contributed by atoms with E-state index in [1.807, 2.05) is 19.9 Å². The van der Waals surface area contributed by atoms with E-state index in [4.69, 9.17) is 0 Å². The van der Waals surface area contributed by atoms with Crippen LogP contribution in [0.15, 0.2) is 40.4 Å². The number of hydrogen-bond donors (Lipinski definition) is 1. The molecule has 0 bridgehead atoms. The first-order chi connectivity index (χ1) is 10.6. The van der Waals surface area contributed by atoms with E-state index >= 15 is 0 Å². The van der Waals surface area contributed by atoms with Crippen molar-refractivity contribution in [3.63, 3.8) is 0 Å². The van der Waals surface area contributed by atoms with Gasteiger partial charge in [0.15, 0.2) is 5.16 Å². The van der Waals surface area contributed by atoms with Crippen molar-refractivity contribution in [2.24, 2.45) is 0 Å². The van der Waals surface area contributed by atoms with Crippen molar-refractivity contribution in [2.75, 3.05) is 13.1 Å². The molecule has 0 atom stereocenters. The van der Waals surface area contributed by atoms with Crippen LogP contribution in [0.5, 0.6) is 0 Å². The minimum Gasteiger partial charge on any atom is -0.313 e. The van der Waals surface area contributed by atoms with E-state index in [2.05, 4.69) is 46.5 Å². The Hall–Kier alpha value is -1.65. The summed E-state index contributed by atoms with van der Waals surface area (Å²) in [5, 5.41) is 4.20. The first kappa shape index (κ1) is 15.3. The predicted molar refractivity (Wildman–Crippen MR) is 92.3 cm³/mol. The molecule has 1 aliphatic heterocycles. The predicted octanol–water partition coefficient (Wildman–Crippen LogP) is 3.93. The largest absolute Gasteiger partial charge is 0.313 e. The molecule has 0 aliphatic carbocycles. The summed E-state index contributed by atoms with van der Waals surface area (Å²) in [5.74, 6) is 0. The lowest BCUT2D eigenvalue weighted by molar-refractivity contribution is 0.737. The van der Waals surface area contributed by atoms with Gasteiger partial charge in [-0.3, -0.25) is 0 Å². The monoisotopic (exact) mass is 311 g/mol. The van der Waals surface area contributed by atoms with Gasteiger partial charge < -0.3 is 5.32 Å². The lowest BCUT2D eigenvalue weighted by atomic mass is 9.99. The molecule has 0 saturated carbocycles. The standard InChI is InChI=1S/C18H21N3S/c1-12-4-5-16(15-6-8-19-9-7-15)17(10-12)22-18-20-13(2)11-14(3)21-18/h4-6,10-11,19H,7-9H2,1-3H3. The van der Waals surface area contributed by atoms with Gasteiger partial charge in [0.05, 0.1) is 0 Å². The van der Waals surface area contributed by atoms with Gasteiger partial charge in [0, 0.05) is 22.8 Å². The van der Waals surface area contributed by atoms with E-state index in [1.54, 1.807) is 11.8 Å². The fraction of sp³-hybridized carbons (Fsp3) is 0.333. The third kappa shape index (κ3) is 3.57. The molecule has 0 saturated heterocycles. The quantitative estimate of drug-likeness (QED) is 0.872. The average Bonchev–Trinajstić information content (AvgIpc) is 2.47. The molecule has 1 aliphatic rings. The van der Waals surface area contributed by atoms with Crippen molar-refractivity contribution >= 4 is 17.3 Å².